The van der Waals surface area contributed by atoms with Crippen LogP contribution in [0.15, 0.2) is 15.8 Å². The van der Waals surface area contributed by atoms with E-state index in [1.165, 1.54) is 38.5 Å². The van der Waals surface area contributed by atoms with Crippen LogP contribution < -0.4 is 5.32 Å². The highest BCUT2D eigenvalue weighted by molar-refractivity contribution is 9.11. The first-order valence-electron chi connectivity index (χ1n) is 5.50. The van der Waals surface area contributed by atoms with Gasteiger partial charge in [-0.25, -0.2) is 0 Å². The number of nitrogens with one attached hydrogen (secondary N) is 1. The van der Waals surface area contributed by atoms with Crippen molar-refractivity contribution < 1.29 is 0 Å². The van der Waals surface area contributed by atoms with Crippen LogP contribution in [-0.2, 0) is 0 Å². The van der Waals surface area contributed by atoms with E-state index in [9.17, 15) is 0 Å². The van der Waals surface area contributed by atoms with Gasteiger partial charge in [0.2, 0.25) is 0 Å². The topological polar surface area (TPSA) is 24.4 Å². The summed E-state index contributed by atoms with van der Waals surface area (Å²) in [5.74, 6) is 0.915. The molecule has 1 saturated carbocycles. The highest BCUT2D eigenvalue weighted by Gasteiger charge is 2.18. The lowest BCUT2D eigenvalue weighted by Gasteiger charge is -2.25. The Labute approximate surface area is 94.0 Å². The quantitative estimate of drug-likeness (QED) is 0.755. The van der Waals surface area contributed by atoms with Crippen LogP contribution in [0.3, 0.4) is 0 Å². The van der Waals surface area contributed by atoms with Crippen LogP contribution >= 0.6 is 15.9 Å². The zero-order chi connectivity index (χ0) is 9.80. The molecule has 1 fully saturated rings. The predicted octanol–water partition coefficient (Wildman–Crippen LogP) is 3.19. The average Bonchev–Trinajstić information content (AvgIpc) is 2.23. The summed E-state index contributed by atoms with van der Waals surface area (Å²) in [5, 5.41) is 3.36. The maximum Gasteiger partial charge on any atom is 0.121 e. The summed E-state index contributed by atoms with van der Waals surface area (Å²) in [5.41, 5.74) is 0. The van der Waals surface area contributed by atoms with Crippen LogP contribution in [0.25, 0.3) is 0 Å². The molecule has 78 valence electrons. The van der Waals surface area contributed by atoms with Crippen LogP contribution in [0.2, 0.25) is 0 Å². The fourth-order valence-corrected chi connectivity index (χ4v) is 2.58. The molecular formula is C11H17BrN2. The molecule has 0 spiro atoms. The molecule has 2 rings (SSSR count). The van der Waals surface area contributed by atoms with Crippen molar-refractivity contribution in [2.45, 2.75) is 44.6 Å². The van der Waals surface area contributed by atoms with Gasteiger partial charge in [0, 0.05) is 12.4 Å². The van der Waals surface area contributed by atoms with Crippen molar-refractivity contribution in [1.29, 1.82) is 0 Å². The Hall–Kier alpha value is -0.310. The summed E-state index contributed by atoms with van der Waals surface area (Å²) in [6.45, 7) is 0. The minimum atomic E-state index is 0.458. The second-order valence-electron chi connectivity index (χ2n) is 4.26. The summed E-state index contributed by atoms with van der Waals surface area (Å²) in [7, 11) is 0. The molecule has 0 saturated heterocycles. The van der Waals surface area contributed by atoms with Crippen molar-refractivity contribution in [3.05, 3.63) is 10.8 Å². The highest BCUT2D eigenvalue weighted by atomic mass is 79.9. The van der Waals surface area contributed by atoms with E-state index >= 15 is 0 Å². The molecule has 1 unspecified atom stereocenters. The Morgan fingerprint density at radius 2 is 2.14 bits per heavy atom. The molecule has 0 bridgehead atoms. The van der Waals surface area contributed by atoms with Crippen molar-refractivity contribution in [2.75, 3.05) is 0 Å². The zero-order valence-corrected chi connectivity index (χ0v) is 9.96. The maximum absolute atomic E-state index is 4.27. The third-order valence-electron chi connectivity index (χ3n) is 3.11. The Morgan fingerprint density at radius 3 is 2.79 bits per heavy atom. The lowest BCUT2D eigenvalue weighted by Crippen LogP contribution is -2.31. The zero-order valence-electron chi connectivity index (χ0n) is 8.38. The molecule has 14 heavy (non-hydrogen) atoms. The molecule has 0 radical (unpaired) electrons. The van der Waals surface area contributed by atoms with Gasteiger partial charge in [-0.1, -0.05) is 32.1 Å². The summed E-state index contributed by atoms with van der Waals surface area (Å²) < 4.78 is 0.900. The molecule has 1 heterocycles. The van der Waals surface area contributed by atoms with E-state index in [4.69, 9.17) is 0 Å². The molecular weight excluding hydrogens is 240 g/mol. The number of hydrogen-bond acceptors (Lipinski definition) is 2. The Bertz CT molecular complexity index is 242. The van der Waals surface area contributed by atoms with E-state index < -0.39 is 0 Å². The van der Waals surface area contributed by atoms with Crippen molar-refractivity contribution in [3.8, 4) is 0 Å². The van der Waals surface area contributed by atoms with Gasteiger partial charge in [-0.15, -0.1) is 0 Å². The molecule has 0 aromatic heterocycles. The third kappa shape index (κ3) is 2.84. The summed E-state index contributed by atoms with van der Waals surface area (Å²) >= 11 is 3.34. The third-order valence-corrected chi connectivity index (χ3v) is 3.54. The first kappa shape index (κ1) is 10.2. The highest BCUT2D eigenvalue weighted by Crippen LogP contribution is 2.27. The molecule has 2 nitrogen and oxygen atoms in total. The summed E-state index contributed by atoms with van der Waals surface area (Å²) in [6.07, 6.45) is 12.3. The molecule has 2 aliphatic rings. The van der Waals surface area contributed by atoms with Gasteiger partial charge in [-0.3, -0.25) is 4.99 Å². The van der Waals surface area contributed by atoms with E-state index in [0.717, 1.165) is 10.5 Å². The smallest absolute Gasteiger partial charge is 0.121 e. The van der Waals surface area contributed by atoms with Gasteiger partial charge < -0.3 is 5.32 Å². The Morgan fingerprint density at radius 1 is 1.36 bits per heavy atom. The van der Waals surface area contributed by atoms with Gasteiger partial charge in [0.25, 0.3) is 0 Å². The number of rotatable bonds is 2. The van der Waals surface area contributed by atoms with Gasteiger partial charge in [-0.2, -0.15) is 0 Å². The molecule has 0 aromatic carbocycles. The van der Waals surface area contributed by atoms with Crippen LogP contribution in [0.5, 0.6) is 0 Å². The SMILES string of the molecule is BrC1=CNC(CC2CCCCC2)C=N1. The average molecular weight is 257 g/mol. The lowest BCUT2D eigenvalue weighted by molar-refractivity contribution is 0.327. The number of hydrogen-bond donors (Lipinski definition) is 1. The molecule has 1 atom stereocenters. The van der Waals surface area contributed by atoms with Crippen LogP contribution in [0.4, 0.5) is 0 Å². The van der Waals surface area contributed by atoms with Crippen LogP contribution in [-0.4, -0.2) is 12.3 Å². The molecule has 0 amide bonds. The predicted molar refractivity (Wildman–Crippen MR) is 63.6 cm³/mol. The van der Waals surface area contributed by atoms with Crippen molar-refractivity contribution >= 4 is 22.1 Å². The van der Waals surface area contributed by atoms with Gasteiger partial charge in [0.1, 0.15) is 4.61 Å². The van der Waals surface area contributed by atoms with Crippen molar-refractivity contribution in [2.24, 2.45) is 10.9 Å². The minimum Gasteiger partial charge on any atom is -0.381 e. The lowest BCUT2D eigenvalue weighted by atomic mass is 9.85. The fourth-order valence-electron chi connectivity index (χ4n) is 2.33. The van der Waals surface area contributed by atoms with E-state index in [2.05, 4.69) is 26.2 Å². The molecule has 3 heteroatoms. The van der Waals surface area contributed by atoms with Gasteiger partial charge in [-0.05, 0) is 28.3 Å². The van der Waals surface area contributed by atoms with Crippen molar-refractivity contribution in [1.82, 2.24) is 5.32 Å². The summed E-state index contributed by atoms with van der Waals surface area (Å²) in [4.78, 5) is 4.27. The first-order chi connectivity index (χ1) is 6.84. The van der Waals surface area contributed by atoms with E-state index in [-0.39, 0.29) is 0 Å². The van der Waals surface area contributed by atoms with Gasteiger partial charge >= 0.3 is 0 Å². The first-order valence-corrected chi connectivity index (χ1v) is 6.30. The van der Waals surface area contributed by atoms with E-state index in [0.29, 0.717) is 6.04 Å². The minimum absolute atomic E-state index is 0.458. The second kappa shape index (κ2) is 4.96. The number of aliphatic imine (C=N–C) groups is 1. The molecule has 1 aliphatic carbocycles. The maximum atomic E-state index is 4.27. The molecule has 1 N–H and O–H groups in total. The standard InChI is InChI=1S/C11H17BrN2/c12-11-8-13-10(7-14-11)6-9-4-2-1-3-5-9/h7-10,13H,1-6H2. The monoisotopic (exact) mass is 256 g/mol. The fraction of sp³-hybridized carbons (Fsp3) is 0.727. The summed E-state index contributed by atoms with van der Waals surface area (Å²) in [6, 6.07) is 0.458. The van der Waals surface area contributed by atoms with Gasteiger partial charge in [0.15, 0.2) is 0 Å². The Balaban J connectivity index is 1.78. The largest absolute Gasteiger partial charge is 0.381 e. The Kier molecular flexibility index (Phi) is 3.62. The number of halogens is 1. The van der Waals surface area contributed by atoms with E-state index in [1.54, 1.807) is 0 Å². The van der Waals surface area contributed by atoms with Crippen LogP contribution in [0.1, 0.15) is 38.5 Å². The van der Waals surface area contributed by atoms with E-state index in [1.807, 2.05) is 12.4 Å². The van der Waals surface area contributed by atoms with Crippen molar-refractivity contribution in [3.63, 3.8) is 0 Å². The molecule has 1 aliphatic heterocycles. The second-order valence-corrected chi connectivity index (χ2v) is 5.07. The number of nitrogens with zero attached hydrogens (tertiary/aromatic N) is 1. The van der Waals surface area contributed by atoms with Crippen LogP contribution in [0, 0.1) is 5.92 Å². The molecule has 0 aromatic rings. The normalized spacial score (nSPS) is 28.4. The van der Waals surface area contributed by atoms with Gasteiger partial charge in [0.05, 0.1) is 6.04 Å².